The fourth-order valence-electron chi connectivity index (χ4n) is 4.00. The van der Waals surface area contributed by atoms with Gasteiger partial charge in [0.2, 0.25) is 0 Å². The number of hydrogen-bond donors (Lipinski definition) is 1. The molecule has 1 aliphatic heterocycles. The lowest BCUT2D eigenvalue weighted by Gasteiger charge is -2.27. The normalized spacial score (nSPS) is 20.6. The summed E-state index contributed by atoms with van der Waals surface area (Å²) in [6, 6.07) is 9.94. The number of benzene rings is 1. The number of nitrogens with zero attached hydrogens (tertiary/aromatic N) is 2. The third-order valence-corrected chi connectivity index (χ3v) is 5.77. The molecule has 0 radical (unpaired) electrons. The Hall–Kier alpha value is -2.14. The number of aromatic nitrogens is 2. The molecule has 1 N–H and O–H groups in total. The summed E-state index contributed by atoms with van der Waals surface area (Å²) in [5.41, 5.74) is 4.00. The zero-order chi connectivity index (χ0) is 17.9. The van der Waals surface area contributed by atoms with Crippen LogP contribution in [0.25, 0.3) is 27.3 Å². The summed E-state index contributed by atoms with van der Waals surface area (Å²) in [5, 5.41) is 13.9. The van der Waals surface area contributed by atoms with Crippen molar-refractivity contribution in [1.82, 2.24) is 9.38 Å². The Bertz CT molecular complexity index is 1170. The van der Waals surface area contributed by atoms with Crippen molar-refractivity contribution in [1.29, 1.82) is 0 Å². The van der Waals surface area contributed by atoms with E-state index in [1.54, 1.807) is 0 Å². The molecule has 4 heterocycles. The Morgan fingerprint density at radius 2 is 2.12 bits per heavy atom. The first-order chi connectivity index (χ1) is 12.6. The van der Waals surface area contributed by atoms with E-state index in [9.17, 15) is 5.11 Å². The first-order valence-corrected chi connectivity index (χ1v) is 9.29. The van der Waals surface area contributed by atoms with Gasteiger partial charge in [-0.25, -0.2) is 4.98 Å². The van der Waals surface area contributed by atoms with Gasteiger partial charge in [0.1, 0.15) is 0 Å². The molecule has 5 heteroatoms. The van der Waals surface area contributed by atoms with E-state index in [4.69, 9.17) is 21.3 Å². The highest BCUT2D eigenvalue weighted by Crippen LogP contribution is 2.37. The zero-order valence-electron chi connectivity index (χ0n) is 14.5. The average Bonchev–Trinajstić information content (AvgIpc) is 2.89. The maximum Gasteiger partial charge on any atom is 0.0964 e. The highest BCUT2D eigenvalue weighted by atomic mass is 35.5. The molecule has 5 rings (SSSR count). The number of halogens is 1. The zero-order valence-corrected chi connectivity index (χ0v) is 15.3. The van der Waals surface area contributed by atoms with Crippen LogP contribution < -0.4 is 0 Å². The van der Waals surface area contributed by atoms with Gasteiger partial charge in [-0.1, -0.05) is 18.5 Å². The number of pyridine rings is 2. The van der Waals surface area contributed by atoms with E-state index in [-0.39, 0.29) is 0 Å². The maximum atomic E-state index is 11.2. The molecule has 1 atom stereocenters. The van der Waals surface area contributed by atoms with Gasteiger partial charge in [-0.2, -0.15) is 0 Å². The molecule has 4 aromatic rings. The van der Waals surface area contributed by atoms with Crippen LogP contribution in [0.3, 0.4) is 0 Å². The van der Waals surface area contributed by atoms with Gasteiger partial charge in [-0.15, -0.1) is 0 Å². The van der Waals surface area contributed by atoms with Crippen LogP contribution in [0, 0.1) is 0 Å². The Morgan fingerprint density at radius 3 is 2.96 bits per heavy atom. The average molecular weight is 367 g/mol. The smallest absolute Gasteiger partial charge is 0.0964 e. The van der Waals surface area contributed by atoms with Crippen LogP contribution in [0.4, 0.5) is 0 Å². The topological polar surface area (TPSA) is 46.8 Å². The molecular weight excluding hydrogens is 348 g/mol. The fourth-order valence-corrected chi connectivity index (χ4v) is 4.18. The molecule has 1 aromatic carbocycles. The van der Waals surface area contributed by atoms with Crippen LogP contribution in [0.2, 0.25) is 5.02 Å². The van der Waals surface area contributed by atoms with E-state index < -0.39 is 5.60 Å². The van der Waals surface area contributed by atoms with Crippen LogP contribution in [0.15, 0.2) is 42.7 Å². The van der Waals surface area contributed by atoms with Gasteiger partial charge >= 0.3 is 0 Å². The largest absolute Gasteiger partial charge is 0.385 e. The third kappa shape index (κ3) is 2.33. The number of fused-ring (bicyclic) bond motifs is 5. The van der Waals surface area contributed by atoms with Crippen LogP contribution in [0.1, 0.15) is 30.9 Å². The van der Waals surface area contributed by atoms with Crippen molar-refractivity contribution < 1.29 is 9.84 Å². The predicted octanol–water partition coefficient (Wildman–Crippen LogP) is 4.81. The van der Waals surface area contributed by atoms with Gasteiger partial charge < -0.3 is 14.2 Å². The highest BCUT2D eigenvalue weighted by molar-refractivity contribution is 6.31. The molecule has 0 bridgehead atoms. The van der Waals surface area contributed by atoms with E-state index in [2.05, 4.69) is 28.9 Å². The van der Waals surface area contributed by atoms with Crippen molar-refractivity contribution in [2.45, 2.75) is 32.0 Å². The third-order valence-electron chi connectivity index (χ3n) is 5.53. The molecule has 1 aliphatic rings. The lowest BCUT2D eigenvalue weighted by Crippen LogP contribution is -2.26. The minimum atomic E-state index is -0.853. The molecule has 3 aromatic heterocycles. The van der Waals surface area contributed by atoms with Gasteiger partial charge in [-0.3, -0.25) is 0 Å². The van der Waals surface area contributed by atoms with Gasteiger partial charge in [-0.05, 0) is 42.3 Å². The molecule has 0 aliphatic carbocycles. The number of rotatable bonds is 1. The Labute approximate surface area is 156 Å². The molecule has 0 spiro atoms. The molecule has 0 fully saturated rings. The van der Waals surface area contributed by atoms with E-state index in [1.807, 2.05) is 25.1 Å². The van der Waals surface area contributed by atoms with Crippen molar-refractivity contribution in [3.05, 3.63) is 58.9 Å². The van der Waals surface area contributed by atoms with Gasteiger partial charge in [0.15, 0.2) is 0 Å². The molecule has 4 nitrogen and oxygen atoms in total. The summed E-state index contributed by atoms with van der Waals surface area (Å²) >= 11 is 6.12. The van der Waals surface area contributed by atoms with E-state index in [0.29, 0.717) is 31.1 Å². The quantitative estimate of drug-likeness (QED) is 0.525. The highest BCUT2D eigenvalue weighted by Gasteiger charge is 2.32. The summed E-state index contributed by atoms with van der Waals surface area (Å²) in [6.07, 6.45) is 5.41. The molecule has 1 unspecified atom stereocenters. The second-order valence-electron chi connectivity index (χ2n) is 7.08. The lowest BCUT2D eigenvalue weighted by molar-refractivity contribution is 0.00232. The minimum absolute atomic E-state index is 0.521. The van der Waals surface area contributed by atoms with Crippen molar-refractivity contribution in [2.75, 3.05) is 6.61 Å². The van der Waals surface area contributed by atoms with Crippen molar-refractivity contribution in [3.8, 4) is 0 Å². The van der Waals surface area contributed by atoms with Gasteiger partial charge in [0, 0.05) is 40.2 Å². The maximum absolute atomic E-state index is 11.2. The molecular formula is C21H19ClN2O2. The number of hydrogen-bond acceptors (Lipinski definition) is 3. The molecule has 132 valence electrons. The molecule has 0 amide bonds. The summed E-state index contributed by atoms with van der Waals surface area (Å²) in [5.74, 6) is 0. The Kier molecular flexibility index (Phi) is 3.51. The summed E-state index contributed by atoms with van der Waals surface area (Å²) < 4.78 is 7.80. The van der Waals surface area contributed by atoms with Crippen LogP contribution in [-0.2, 0) is 16.9 Å². The van der Waals surface area contributed by atoms with Crippen molar-refractivity contribution in [2.24, 2.45) is 0 Å². The standard InChI is InChI=1S/C21H19ClN2O2/c1-2-21(25)5-6-26-12-15-11-24-10-14-7-13-8-16(22)3-4-18(13)23-20(14)19(24)9-17(15)21/h3-4,7-11,25H,2,5-6,12H2,1H3. The van der Waals surface area contributed by atoms with E-state index in [1.165, 1.54) is 0 Å². The Balaban J connectivity index is 1.84. The summed E-state index contributed by atoms with van der Waals surface area (Å²) in [6.45, 7) is 3.11. The van der Waals surface area contributed by atoms with Crippen LogP contribution >= 0.6 is 11.6 Å². The van der Waals surface area contributed by atoms with Gasteiger partial charge in [0.05, 0.1) is 35.4 Å². The molecule has 26 heavy (non-hydrogen) atoms. The lowest BCUT2D eigenvalue weighted by atomic mass is 9.86. The molecule has 0 saturated carbocycles. The van der Waals surface area contributed by atoms with Gasteiger partial charge in [0.25, 0.3) is 0 Å². The van der Waals surface area contributed by atoms with Crippen molar-refractivity contribution >= 4 is 38.9 Å². The monoisotopic (exact) mass is 366 g/mol. The molecule has 0 saturated heterocycles. The van der Waals surface area contributed by atoms with E-state index >= 15 is 0 Å². The van der Waals surface area contributed by atoms with Crippen LogP contribution in [-0.4, -0.2) is 21.1 Å². The van der Waals surface area contributed by atoms with Crippen LogP contribution in [0.5, 0.6) is 0 Å². The minimum Gasteiger partial charge on any atom is -0.385 e. The van der Waals surface area contributed by atoms with Crippen molar-refractivity contribution in [3.63, 3.8) is 0 Å². The number of aliphatic hydroxyl groups is 1. The van der Waals surface area contributed by atoms with E-state index in [0.717, 1.165) is 38.4 Å². The Morgan fingerprint density at radius 1 is 1.23 bits per heavy atom. The SMILES string of the molecule is CCC1(O)CCOCc2cn3cc4cc5cc(Cl)ccc5nc4c3cc21. The summed E-state index contributed by atoms with van der Waals surface area (Å²) in [7, 11) is 0. The predicted molar refractivity (Wildman–Crippen MR) is 104 cm³/mol. The number of ether oxygens (including phenoxy) is 1. The fraction of sp³-hybridized carbons (Fsp3) is 0.286. The second-order valence-corrected chi connectivity index (χ2v) is 7.52. The first kappa shape index (κ1) is 16.1. The summed E-state index contributed by atoms with van der Waals surface area (Å²) in [4.78, 5) is 4.86. The second kappa shape index (κ2) is 5.68. The first-order valence-electron chi connectivity index (χ1n) is 8.92.